The lowest BCUT2D eigenvalue weighted by Gasteiger charge is -2.28. The van der Waals surface area contributed by atoms with Gasteiger partial charge in [-0.1, -0.05) is 29.5 Å². The van der Waals surface area contributed by atoms with Gasteiger partial charge in [0.15, 0.2) is 0 Å². The van der Waals surface area contributed by atoms with E-state index in [1.54, 1.807) is 29.2 Å². The summed E-state index contributed by atoms with van der Waals surface area (Å²) in [6, 6.07) is 18.6. The van der Waals surface area contributed by atoms with Crippen LogP contribution in [-0.2, 0) is 4.74 Å². The van der Waals surface area contributed by atoms with Gasteiger partial charge in [0.05, 0.1) is 39.7 Å². The Kier molecular flexibility index (Phi) is 4.99. The van der Waals surface area contributed by atoms with Crippen LogP contribution in [0.25, 0.3) is 20.8 Å². The van der Waals surface area contributed by atoms with E-state index >= 15 is 0 Å². The quantitative estimate of drug-likeness (QED) is 0.434. The summed E-state index contributed by atoms with van der Waals surface area (Å²) in [4.78, 5) is 22.9. The molecule has 0 bridgehead atoms. The molecule has 0 unspecified atom stereocenters. The van der Waals surface area contributed by atoms with E-state index < -0.39 is 0 Å². The summed E-state index contributed by atoms with van der Waals surface area (Å²) in [5, 5.41) is 0. The summed E-state index contributed by atoms with van der Waals surface area (Å²) in [5.74, 6) is 0. The summed E-state index contributed by atoms with van der Waals surface area (Å²) < 4.78 is 6.50. The predicted octanol–water partition coefficient (Wildman–Crippen LogP) is 5.06. The topological polar surface area (TPSA) is 42.4 Å². The second kappa shape index (κ2) is 7.78. The molecule has 2 aliphatic heterocycles. The van der Waals surface area contributed by atoms with Gasteiger partial charge in [-0.05, 0) is 43.3 Å². The average molecular weight is 421 g/mol. The maximum atomic E-state index is 12.7. The first kappa shape index (κ1) is 18.6. The summed E-state index contributed by atoms with van der Waals surface area (Å²) in [7, 11) is 0. The minimum atomic E-state index is 0.0574. The molecule has 1 saturated heterocycles. The number of rotatable bonds is 3. The first-order valence-corrected chi connectivity index (χ1v) is 11.2. The van der Waals surface area contributed by atoms with E-state index in [-0.39, 0.29) is 5.43 Å². The van der Waals surface area contributed by atoms with Gasteiger partial charge in [0.25, 0.3) is 0 Å². The van der Waals surface area contributed by atoms with Crippen molar-refractivity contribution in [2.45, 2.75) is 16.7 Å². The van der Waals surface area contributed by atoms with Crippen LogP contribution in [0.15, 0.2) is 69.2 Å². The number of aromatic nitrogens is 1. The number of anilines is 1. The van der Waals surface area contributed by atoms with Crippen molar-refractivity contribution in [3.63, 3.8) is 0 Å². The number of fused-ring (bicyclic) bond motifs is 2. The number of hydrogen-bond donors (Lipinski definition) is 0. The molecule has 2 heterocycles. The molecule has 5 rings (SSSR count). The van der Waals surface area contributed by atoms with Crippen LogP contribution in [0.1, 0.15) is 5.56 Å². The number of ether oxygens (including phenoxy) is 1. The van der Waals surface area contributed by atoms with Gasteiger partial charge in [-0.25, -0.2) is 4.98 Å². The molecule has 0 saturated carbocycles. The molecule has 0 atom stereocenters. The van der Waals surface area contributed by atoms with Crippen LogP contribution in [0, 0.1) is 6.92 Å². The molecular weight excluding hydrogens is 400 g/mol. The van der Waals surface area contributed by atoms with Crippen LogP contribution in [0.2, 0.25) is 0 Å². The minimum absolute atomic E-state index is 0.0574. The van der Waals surface area contributed by atoms with E-state index in [4.69, 9.17) is 9.72 Å². The Morgan fingerprint density at radius 1 is 1.00 bits per heavy atom. The second-order valence-corrected chi connectivity index (χ2v) is 9.38. The summed E-state index contributed by atoms with van der Waals surface area (Å²) in [6.07, 6.45) is 0. The molecule has 3 aliphatic rings. The Balaban J connectivity index is 1.52. The number of hydrogen-bond acceptors (Lipinski definition) is 6. The highest BCUT2D eigenvalue weighted by molar-refractivity contribution is 7.99. The van der Waals surface area contributed by atoms with Crippen LogP contribution in [0.5, 0.6) is 0 Å². The fourth-order valence-corrected chi connectivity index (χ4v) is 5.43. The summed E-state index contributed by atoms with van der Waals surface area (Å²) in [6.45, 7) is 4.91. The summed E-state index contributed by atoms with van der Waals surface area (Å²) >= 11 is 3.37. The second-order valence-electron chi connectivity index (χ2n) is 7.15. The molecule has 1 fully saturated rings. The molecule has 2 aromatic rings. The zero-order valence-electron chi connectivity index (χ0n) is 16.1. The molecule has 0 aromatic heterocycles. The average Bonchev–Trinajstić information content (AvgIpc) is 2.74. The minimum Gasteiger partial charge on any atom is -0.378 e. The Morgan fingerprint density at radius 2 is 1.76 bits per heavy atom. The fourth-order valence-electron chi connectivity index (χ4n) is 3.48. The SMILES string of the molecule is Cc1ccc(Sc2ccc3nc4cc(N5CCOCC5)c(=O)cc-4sc3c2)cc1. The van der Waals surface area contributed by atoms with Crippen molar-refractivity contribution >= 4 is 39.0 Å². The number of morpholine rings is 1. The third kappa shape index (κ3) is 3.88. The lowest BCUT2D eigenvalue weighted by Crippen LogP contribution is -2.38. The van der Waals surface area contributed by atoms with E-state index in [0.29, 0.717) is 13.2 Å². The molecular formula is C23H20N2O2S2. The van der Waals surface area contributed by atoms with E-state index in [1.807, 2.05) is 6.07 Å². The number of nitrogens with zero attached hydrogens (tertiary/aromatic N) is 2. The third-order valence-electron chi connectivity index (χ3n) is 5.04. The van der Waals surface area contributed by atoms with Crippen molar-refractivity contribution in [3.8, 4) is 10.6 Å². The van der Waals surface area contributed by atoms with Crippen LogP contribution in [0.3, 0.4) is 0 Å². The van der Waals surface area contributed by atoms with Crippen molar-refractivity contribution < 1.29 is 4.74 Å². The van der Waals surface area contributed by atoms with Crippen molar-refractivity contribution in [1.29, 1.82) is 0 Å². The highest BCUT2D eigenvalue weighted by Crippen LogP contribution is 2.35. The smallest absolute Gasteiger partial charge is 0.203 e. The Hall–Kier alpha value is -2.41. The predicted molar refractivity (Wildman–Crippen MR) is 121 cm³/mol. The molecule has 0 N–H and O–H groups in total. The third-order valence-corrected chi connectivity index (χ3v) is 7.13. The first-order chi connectivity index (χ1) is 14.2. The normalized spacial score (nSPS) is 14.6. The maximum absolute atomic E-state index is 12.7. The zero-order chi connectivity index (χ0) is 19.8. The van der Waals surface area contributed by atoms with E-state index in [1.165, 1.54) is 15.4 Å². The van der Waals surface area contributed by atoms with Gasteiger partial charge in [-0.3, -0.25) is 4.79 Å². The van der Waals surface area contributed by atoms with Gasteiger partial charge in [-0.2, -0.15) is 0 Å². The van der Waals surface area contributed by atoms with Crippen molar-refractivity contribution in [3.05, 3.63) is 70.4 Å². The van der Waals surface area contributed by atoms with Crippen molar-refractivity contribution in [2.24, 2.45) is 0 Å². The standard InChI is InChI=1S/C23H20N2O2S2/c1-15-2-4-16(5-3-15)28-17-6-7-18-22(12-17)29-23-14-21(26)20(13-19(23)24-18)25-8-10-27-11-9-25/h2-7,12-14H,8-11H2,1H3. The number of benzene rings is 3. The molecule has 0 spiro atoms. The van der Waals surface area contributed by atoms with Crippen LogP contribution < -0.4 is 10.3 Å². The van der Waals surface area contributed by atoms with E-state index in [2.05, 4.69) is 54.3 Å². The number of aryl methyl sites for hydroxylation is 1. The molecule has 1 aliphatic carbocycles. The Morgan fingerprint density at radius 3 is 2.55 bits per heavy atom. The molecule has 0 radical (unpaired) electrons. The van der Waals surface area contributed by atoms with Gasteiger partial charge < -0.3 is 9.64 Å². The lowest BCUT2D eigenvalue weighted by molar-refractivity contribution is 0.122. The largest absolute Gasteiger partial charge is 0.378 e. The molecule has 4 nitrogen and oxygen atoms in total. The van der Waals surface area contributed by atoms with Gasteiger partial charge in [0.1, 0.15) is 0 Å². The molecule has 146 valence electrons. The highest BCUT2D eigenvalue weighted by atomic mass is 32.2. The van der Waals surface area contributed by atoms with Crippen LogP contribution in [-0.4, -0.2) is 31.3 Å². The van der Waals surface area contributed by atoms with Crippen molar-refractivity contribution in [2.75, 3.05) is 31.2 Å². The van der Waals surface area contributed by atoms with E-state index in [0.717, 1.165) is 39.6 Å². The molecule has 6 heteroatoms. The molecule has 2 aromatic carbocycles. The Labute approximate surface area is 177 Å². The fraction of sp³-hybridized carbons (Fsp3) is 0.217. The van der Waals surface area contributed by atoms with Crippen LogP contribution >= 0.6 is 23.1 Å². The zero-order valence-corrected chi connectivity index (χ0v) is 17.7. The van der Waals surface area contributed by atoms with Crippen LogP contribution in [0.4, 0.5) is 5.69 Å². The lowest BCUT2D eigenvalue weighted by atomic mass is 10.2. The monoisotopic (exact) mass is 420 g/mol. The first-order valence-electron chi connectivity index (χ1n) is 9.62. The highest BCUT2D eigenvalue weighted by Gasteiger charge is 2.18. The van der Waals surface area contributed by atoms with Crippen molar-refractivity contribution in [1.82, 2.24) is 4.98 Å². The van der Waals surface area contributed by atoms with Gasteiger partial charge in [0.2, 0.25) is 5.43 Å². The molecule has 29 heavy (non-hydrogen) atoms. The van der Waals surface area contributed by atoms with E-state index in [9.17, 15) is 4.79 Å². The Bertz CT molecular complexity index is 1200. The van der Waals surface area contributed by atoms with Gasteiger partial charge in [-0.15, -0.1) is 11.3 Å². The summed E-state index contributed by atoms with van der Waals surface area (Å²) in [5.41, 5.74) is 3.88. The molecule has 0 amide bonds. The van der Waals surface area contributed by atoms with Gasteiger partial charge >= 0.3 is 0 Å². The maximum Gasteiger partial charge on any atom is 0.203 e. The van der Waals surface area contributed by atoms with Gasteiger partial charge in [0, 0.05) is 28.9 Å².